The summed E-state index contributed by atoms with van der Waals surface area (Å²) in [6.07, 6.45) is 4.13. The number of fused-ring (bicyclic) bond motifs is 1. The van der Waals surface area contributed by atoms with E-state index in [-0.39, 0.29) is 41.9 Å². The van der Waals surface area contributed by atoms with Crippen LogP contribution in [0.1, 0.15) is 37.4 Å². The van der Waals surface area contributed by atoms with Gasteiger partial charge >= 0.3 is 0 Å². The number of Topliss-reactive ketones (excluding diaryl/α,β-unsaturated/α-hetero) is 1. The molecule has 0 aliphatic carbocycles. The number of ketones is 1. The molecule has 10 heteroatoms. The van der Waals surface area contributed by atoms with Crippen molar-refractivity contribution in [3.63, 3.8) is 0 Å². The van der Waals surface area contributed by atoms with Crippen molar-refractivity contribution < 1.29 is 14.0 Å². The van der Waals surface area contributed by atoms with Gasteiger partial charge in [0, 0.05) is 43.8 Å². The second-order valence-corrected chi connectivity index (χ2v) is 7.57. The molecule has 10 nitrogen and oxygen atoms in total. The highest BCUT2D eigenvalue weighted by Gasteiger charge is 2.29. The third-order valence-electron chi connectivity index (χ3n) is 5.13. The number of carbonyl (C=O) groups excluding carboxylic acids is 2. The minimum Gasteiger partial charge on any atom is -0.413 e. The number of H-pyrrole nitrogens is 1. The van der Waals surface area contributed by atoms with Gasteiger partial charge in [-0.25, -0.2) is 4.98 Å². The minimum absolute atomic E-state index is 0.0363. The van der Waals surface area contributed by atoms with Crippen molar-refractivity contribution in [2.24, 2.45) is 5.92 Å². The van der Waals surface area contributed by atoms with Crippen LogP contribution >= 0.6 is 0 Å². The Morgan fingerprint density at radius 3 is 2.97 bits per heavy atom. The number of piperidine rings is 1. The number of carbonyl (C=O) groups is 2. The standard InChI is InChI=1S/C20H21N7O3/c1-11-7-13(10-27(9-11)16(29)3-5-21)24-17-14-4-6-22-18(14)23-8-15(17)20-26-25-19(30-20)12(2)28/h4,6,8,11,13H,3,7,9-10H2,1-2H3,(H2,22,23,24)/t11-,13+/m0/s1. The molecular weight excluding hydrogens is 386 g/mol. The molecule has 2 atom stereocenters. The van der Waals surface area contributed by atoms with Crippen LogP contribution in [0.2, 0.25) is 0 Å². The number of anilines is 1. The third-order valence-corrected chi connectivity index (χ3v) is 5.13. The van der Waals surface area contributed by atoms with E-state index in [0.29, 0.717) is 24.3 Å². The number of amides is 1. The number of nitrogens with one attached hydrogen (secondary N) is 2. The molecule has 4 heterocycles. The van der Waals surface area contributed by atoms with Crippen LogP contribution in [0.5, 0.6) is 0 Å². The maximum atomic E-state index is 12.3. The lowest BCUT2D eigenvalue weighted by Crippen LogP contribution is -2.48. The van der Waals surface area contributed by atoms with E-state index in [1.807, 2.05) is 12.1 Å². The van der Waals surface area contributed by atoms with E-state index in [9.17, 15) is 9.59 Å². The highest BCUT2D eigenvalue weighted by atomic mass is 16.4. The van der Waals surface area contributed by atoms with Crippen molar-refractivity contribution in [1.29, 1.82) is 5.26 Å². The van der Waals surface area contributed by atoms with Crippen LogP contribution in [0.4, 0.5) is 5.69 Å². The van der Waals surface area contributed by atoms with Crippen molar-refractivity contribution in [3.05, 3.63) is 24.4 Å². The van der Waals surface area contributed by atoms with E-state index in [1.165, 1.54) is 6.92 Å². The predicted octanol–water partition coefficient (Wildman–Crippen LogP) is 2.38. The molecule has 1 saturated heterocycles. The van der Waals surface area contributed by atoms with E-state index in [2.05, 4.69) is 32.4 Å². The highest BCUT2D eigenvalue weighted by Crippen LogP contribution is 2.34. The fourth-order valence-corrected chi connectivity index (χ4v) is 3.84. The molecule has 1 aliphatic rings. The Bertz CT molecular complexity index is 1140. The lowest BCUT2D eigenvalue weighted by molar-refractivity contribution is -0.132. The summed E-state index contributed by atoms with van der Waals surface area (Å²) in [4.78, 5) is 33.0. The Morgan fingerprint density at radius 1 is 1.40 bits per heavy atom. The number of likely N-dealkylation sites (tertiary alicyclic amines) is 1. The van der Waals surface area contributed by atoms with Crippen molar-refractivity contribution in [2.75, 3.05) is 18.4 Å². The number of hydrogen-bond donors (Lipinski definition) is 2. The predicted molar refractivity (Wildman–Crippen MR) is 107 cm³/mol. The van der Waals surface area contributed by atoms with Gasteiger partial charge < -0.3 is 19.6 Å². The topological polar surface area (TPSA) is 141 Å². The van der Waals surface area contributed by atoms with E-state index < -0.39 is 0 Å². The van der Waals surface area contributed by atoms with Crippen molar-refractivity contribution in [2.45, 2.75) is 32.7 Å². The van der Waals surface area contributed by atoms with Gasteiger partial charge in [0.05, 0.1) is 17.3 Å². The fourth-order valence-electron chi connectivity index (χ4n) is 3.84. The average Bonchev–Trinajstić information content (AvgIpc) is 3.38. The first-order chi connectivity index (χ1) is 14.5. The molecule has 2 N–H and O–H groups in total. The molecule has 3 aromatic rings. The molecule has 30 heavy (non-hydrogen) atoms. The molecule has 3 aromatic heterocycles. The zero-order valence-electron chi connectivity index (χ0n) is 16.7. The lowest BCUT2D eigenvalue weighted by atomic mass is 9.95. The van der Waals surface area contributed by atoms with Gasteiger partial charge in [0.1, 0.15) is 12.1 Å². The van der Waals surface area contributed by atoms with Crippen LogP contribution in [0, 0.1) is 17.2 Å². The summed E-state index contributed by atoms with van der Waals surface area (Å²) >= 11 is 0. The Balaban J connectivity index is 1.69. The first kappa shape index (κ1) is 19.6. The highest BCUT2D eigenvalue weighted by molar-refractivity contribution is 5.97. The number of nitriles is 1. The molecule has 4 rings (SSSR count). The quantitative estimate of drug-likeness (QED) is 0.614. The van der Waals surface area contributed by atoms with Gasteiger partial charge in [0.15, 0.2) is 0 Å². The minimum atomic E-state index is -0.313. The van der Waals surface area contributed by atoms with E-state index >= 15 is 0 Å². The first-order valence-electron chi connectivity index (χ1n) is 9.68. The summed E-state index contributed by atoms with van der Waals surface area (Å²) in [6.45, 7) is 4.56. The van der Waals surface area contributed by atoms with E-state index in [0.717, 1.165) is 17.5 Å². The van der Waals surface area contributed by atoms with Crippen LogP contribution in [-0.2, 0) is 4.79 Å². The zero-order valence-corrected chi connectivity index (χ0v) is 16.7. The number of hydrogen-bond acceptors (Lipinski definition) is 8. The number of aromatic amines is 1. The number of aromatic nitrogens is 4. The number of pyridine rings is 1. The van der Waals surface area contributed by atoms with E-state index in [4.69, 9.17) is 9.68 Å². The van der Waals surface area contributed by atoms with Gasteiger partial charge in [-0.2, -0.15) is 5.26 Å². The fraction of sp³-hybridized carbons (Fsp3) is 0.400. The van der Waals surface area contributed by atoms with Gasteiger partial charge in [-0.1, -0.05) is 6.92 Å². The summed E-state index contributed by atoms with van der Waals surface area (Å²) in [6, 6.07) is 3.78. The summed E-state index contributed by atoms with van der Waals surface area (Å²) < 4.78 is 5.54. The maximum Gasteiger partial charge on any atom is 0.283 e. The lowest BCUT2D eigenvalue weighted by Gasteiger charge is -2.37. The van der Waals surface area contributed by atoms with Crippen molar-refractivity contribution >= 4 is 28.4 Å². The second-order valence-electron chi connectivity index (χ2n) is 7.57. The maximum absolute atomic E-state index is 12.3. The SMILES string of the molecule is CC(=O)c1nnc(-c2cnc3[nH]ccc3c2N[C@@H]2C[C@H](C)CN(C(=O)CC#N)C2)o1. The average molecular weight is 407 g/mol. The third kappa shape index (κ3) is 3.74. The molecule has 1 amide bonds. The molecule has 154 valence electrons. The number of rotatable bonds is 5. The Kier molecular flexibility index (Phi) is 5.18. The van der Waals surface area contributed by atoms with E-state index in [1.54, 1.807) is 17.3 Å². The van der Waals surface area contributed by atoms with Gasteiger partial charge in [-0.05, 0) is 18.4 Å². The first-order valence-corrected chi connectivity index (χ1v) is 9.68. The van der Waals surface area contributed by atoms with Crippen LogP contribution in [0.15, 0.2) is 22.9 Å². The molecule has 0 aromatic carbocycles. The van der Waals surface area contributed by atoms with Crippen molar-refractivity contribution in [1.82, 2.24) is 25.1 Å². The Morgan fingerprint density at radius 2 is 2.23 bits per heavy atom. The van der Waals surface area contributed by atoms with Crippen molar-refractivity contribution in [3.8, 4) is 17.5 Å². The second kappa shape index (κ2) is 7.94. The Labute approximate surface area is 172 Å². The zero-order chi connectivity index (χ0) is 21.3. The smallest absolute Gasteiger partial charge is 0.283 e. The number of nitrogens with zero attached hydrogens (tertiary/aromatic N) is 5. The normalized spacial score (nSPS) is 18.9. The van der Waals surface area contributed by atoms with Gasteiger partial charge in [0.25, 0.3) is 11.8 Å². The largest absolute Gasteiger partial charge is 0.413 e. The summed E-state index contributed by atoms with van der Waals surface area (Å²) in [5.41, 5.74) is 2.01. The van der Waals surface area contributed by atoms with Crippen LogP contribution in [0.25, 0.3) is 22.5 Å². The molecule has 0 radical (unpaired) electrons. The molecular formula is C20H21N7O3. The summed E-state index contributed by atoms with van der Waals surface area (Å²) in [7, 11) is 0. The Hall–Kier alpha value is -3.74. The van der Waals surface area contributed by atoms with Crippen LogP contribution in [0.3, 0.4) is 0 Å². The van der Waals surface area contributed by atoms with Gasteiger partial charge in [-0.3, -0.25) is 9.59 Å². The molecule has 1 aliphatic heterocycles. The monoisotopic (exact) mass is 407 g/mol. The van der Waals surface area contributed by atoms with Crippen LogP contribution < -0.4 is 5.32 Å². The van der Waals surface area contributed by atoms with Gasteiger partial charge in [-0.15, -0.1) is 10.2 Å². The molecule has 0 bridgehead atoms. The van der Waals surface area contributed by atoms with Gasteiger partial charge in [0.2, 0.25) is 11.7 Å². The summed E-state index contributed by atoms with van der Waals surface area (Å²) in [5.74, 6) is -0.0739. The molecule has 0 unspecified atom stereocenters. The summed E-state index contributed by atoms with van der Waals surface area (Å²) in [5, 5.41) is 21.0. The van der Waals surface area contributed by atoms with Crippen LogP contribution in [-0.4, -0.2) is 55.9 Å². The molecule has 0 spiro atoms. The molecule has 0 saturated carbocycles. The molecule has 1 fully saturated rings.